The van der Waals surface area contributed by atoms with Gasteiger partial charge in [0.15, 0.2) is 5.69 Å². The average Bonchev–Trinajstić information content (AvgIpc) is 2.92. The Labute approximate surface area is 147 Å². The van der Waals surface area contributed by atoms with Crippen molar-refractivity contribution in [1.82, 2.24) is 20.4 Å². The topological polar surface area (TPSA) is 96.2 Å². The van der Waals surface area contributed by atoms with Gasteiger partial charge in [0.05, 0.1) is 22.7 Å². The minimum atomic E-state index is -0.753. The van der Waals surface area contributed by atoms with Crippen molar-refractivity contribution in [2.45, 2.75) is 19.2 Å². The molecule has 2 aromatic rings. The first kappa shape index (κ1) is 16.8. The minimum absolute atomic E-state index is 0.0902. The van der Waals surface area contributed by atoms with Crippen molar-refractivity contribution < 1.29 is 14.7 Å². The summed E-state index contributed by atoms with van der Waals surface area (Å²) in [5.74, 6) is -0.829. The summed E-state index contributed by atoms with van der Waals surface area (Å²) in [5, 5.41) is 19.8. The first-order valence-electron chi connectivity index (χ1n) is 7.21. The van der Waals surface area contributed by atoms with E-state index in [1.807, 2.05) is 0 Å². The van der Waals surface area contributed by atoms with Crippen LogP contribution in [0.15, 0.2) is 24.3 Å². The van der Waals surface area contributed by atoms with E-state index in [0.717, 1.165) is 0 Å². The van der Waals surface area contributed by atoms with Crippen molar-refractivity contribution in [2.75, 3.05) is 6.54 Å². The Kier molecular flexibility index (Phi) is 4.75. The normalized spacial score (nSPS) is 17.0. The van der Waals surface area contributed by atoms with Crippen molar-refractivity contribution >= 4 is 35.0 Å². The molecule has 1 aliphatic rings. The summed E-state index contributed by atoms with van der Waals surface area (Å²) < 4.78 is 1.33. The average molecular weight is 369 g/mol. The molecule has 126 valence electrons. The van der Waals surface area contributed by atoms with Crippen LogP contribution in [0, 0.1) is 0 Å². The van der Waals surface area contributed by atoms with Crippen LogP contribution in [-0.4, -0.2) is 39.4 Å². The first-order chi connectivity index (χ1) is 11.5. The second kappa shape index (κ2) is 6.80. The van der Waals surface area contributed by atoms with Gasteiger partial charge in [0.2, 0.25) is 0 Å². The van der Waals surface area contributed by atoms with E-state index in [0.29, 0.717) is 15.6 Å². The van der Waals surface area contributed by atoms with Gasteiger partial charge in [-0.15, -0.1) is 0 Å². The molecule has 1 aromatic carbocycles. The molecular weight excluding hydrogens is 355 g/mol. The molecular formula is C15H14Cl2N4O3. The third kappa shape index (κ3) is 3.38. The van der Waals surface area contributed by atoms with Crippen LogP contribution in [0.3, 0.4) is 0 Å². The molecule has 0 bridgehead atoms. The van der Waals surface area contributed by atoms with E-state index in [9.17, 15) is 14.7 Å². The van der Waals surface area contributed by atoms with Gasteiger partial charge in [-0.25, -0.2) is 0 Å². The van der Waals surface area contributed by atoms with E-state index in [2.05, 4.69) is 15.7 Å². The number of amides is 2. The molecule has 7 nitrogen and oxygen atoms in total. The zero-order chi connectivity index (χ0) is 17.3. The van der Waals surface area contributed by atoms with Crippen LogP contribution in [0.5, 0.6) is 0 Å². The van der Waals surface area contributed by atoms with E-state index in [1.54, 1.807) is 18.2 Å². The van der Waals surface area contributed by atoms with Crippen LogP contribution < -0.4 is 10.6 Å². The Morgan fingerprint density at radius 3 is 3.04 bits per heavy atom. The van der Waals surface area contributed by atoms with Gasteiger partial charge < -0.3 is 15.7 Å². The van der Waals surface area contributed by atoms with Gasteiger partial charge in [0.1, 0.15) is 5.69 Å². The lowest BCUT2D eigenvalue weighted by Crippen LogP contribution is -2.30. The summed E-state index contributed by atoms with van der Waals surface area (Å²) in [6, 6.07) is 6.54. The van der Waals surface area contributed by atoms with Crippen LogP contribution in [0.4, 0.5) is 0 Å². The van der Waals surface area contributed by atoms with Gasteiger partial charge in [-0.2, -0.15) is 5.10 Å². The standard InChI is InChI=1S/C15H14Cl2N4O3/c16-10-3-1-2-8(13(10)17)5-18-14(23)11-4-12-15(24)19-6-9(22)7-21(12)20-11/h1-4,9,22H,5-7H2,(H,18,23)(H,19,24). The molecule has 0 saturated carbocycles. The van der Waals surface area contributed by atoms with Crippen LogP contribution in [0.25, 0.3) is 0 Å². The van der Waals surface area contributed by atoms with Crippen molar-refractivity contribution in [3.05, 3.63) is 51.3 Å². The lowest BCUT2D eigenvalue weighted by molar-refractivity contribution is 0.0931. The number of rotatable bonds is 3. The highest BCUT2D eigenvalue weighted by molar-refractivity contribution is 6.42. The number of nitrogens with zero attached hydrogens (tertiary/aromatic N) is 2. The maximum atomic E-state index is 12.2. The number of aromatic nitrogens is 2. The fourth-order valence-electron chi connectivity index (χ4n) is 2.37. The fourth-order valence-corrected chi connectivity index (χ4v) is 2.75. The van der Waals surface area contributed by atoms with Crippen molar-refractivity contribution in [3.8, 4) is 0 Å². The molecule has 0 radical (unpaired) electrons. The maximum Gasteiger partial charge on any atom is 0.272 e. The third-order valence-corrected chi connectivity index (χ3v) is 4.46. The van der Waals surface area contributed by atoms with E-state index < -0.39 is 12.0 Å². The molecule has 0 aliphatic carbocycles. The fraction of sp³-hybridized carbons (Fsp3) is 0.267. The number of benzene rings is 1. The monoisotopic (exact) mass is 368 g/mol. The number of carbonyl (C=O) groups excluding carboxylic acids is 2. The summed E-state index contributed by atoms with van der Waals surface area (Å²) in [6.45, 7) is 0.466. The van der Waals surface area contributed by atoms with Crippen LogP contribution in [-0.2, 0) is 13.1 Å². The number of aliphatic hydroxyl groups excluding tert-OH is 1. The van der Waals surface area contributed by atoms with Crippen molar-refractivity contribution in [3.63, 3.8) is 0 Å². The number of fused-ring (bicyclic) bond motifs is 1. The van der Waals surface area contributed by atoms with Crippen LogP contribution in [0.2, 0.25) is 10.0 Å². The minimum Gasteiger partial charge on any atom is -0.389 e. The second-order valence-electron chi connectivity index (χ2n) is 5.36. The molecule has 1 aliphatic heterocycles. The molecule has 1 atom stereocenters. The zero-order valence-corrected chi connectivity index (χ0v) is 13.9. The Balaban J connectivity index is 1.74. The Bertz CT molecular complexity index is 806. The molecule has 1 unspecified atom stereocenters. The highest BCUT2D eigenvalue weighted by atomic mass is 35.5. The summed E-state index contributed by atoms with van der Waals surface area (Å²) >= 11 is 12.0. The van der Waals surface area contributed by atoms with E-state index in [4.69, 9.17) is 23.2 Å². The number of halogens is 2. The summed E-state index contributed by atoms with van der Waals surface area (Å²) in [4.78, 5) is 24.2. The quantitative estimate of drug-likeness (QED) is 0.758. The van der Waals surface area contributed by atoms with Gasteiger partial charge in [0.25, 0.3) is 11.8 Å². The molecule has 3 N–H and O–H groups in total. The molecule has 2 amide bonds. The lowest BCUT2D eigenvalue weighted by Gasteiger charge is -2.07. The SMILES string of the molecule is O=C(NCc1cccc(Cl)c1Cl)c1cc2n(n1)CC(O)CNC2=O. The number of hydrogen-bond acceptors (Lipinski definition) is 4. The largest absolute Gasteiger partial charge is 0.389 e. The molecule has 24 heavy (non-hydrogen) atoms. The summed E-state index contributed by atoms with van der Waals surface area (Å²) in [5.41, 5.74) is 0.997. The first-order valence-corrected chi connectivity index (χ1v) is 7.96. The van der Waals surface area contributed by atoms with E-state index >= 15 is 0 Å². The number of aliphatic hydroxyl groups is 1. The molecule has 1 aromatic heterocycles. The smallest absolute Gasteiger partial charge is 0.272 e. The molecule has 3 rings (SSSR count). The van der Waals surface area contributed by atoms with Gasteiger partial charge in [-0.1, -0.05) is 35.3 Å². The van der Waals surface area contributed by atoms with Crippen LogP contribution in [0.1, 0.15) is 26.5 Å². The maximum absolute atomic E-state index is 12.2. The van der Waals surface area contributed by atoms with Gasteiger partial charge in [-0.05, 0) is 11.6 Å². The van der Waals surface area contributed by atoms with Crippen LogP contribution >= 0.6 is 23.2 Å². The van der Waals surface area contributed by atoms with Gasteiger partial charge >= 0.3 is 0 Å². The predicted octanol–water partition coefficient (Wildman–Crippen LogP) is 1.22. The third-order valence-electron chi connectivity index (χ3n) is 3.60. The zero-order valence-electron chi connectivity index (χ0n) is 12.4. The van der Waals surface area contributed by atoms with Crippen molar-refractivity contribution in [1.29, 1.82) is 0 Å². The molecule has 2 heterocycles. The van der Waals surface area contributed by atoms with E-state index in [1.165, 1.54) is 10.7 Å². The number of nitrogens with one attached hydrogen (secondary N) is 2. The highest BCUT2D eigenvalue weighted by Gasteiger charge is 2.24. The Hall–Kier alpha value is -2.09. The van der Waals surface area contributed by atoms with Gasteiger partial charge in [0, 0.05) is 19.2 Å². The molecule has 0 spiro atoms. The molecule has 0 saturated heterocycles. The van der Waals surface area contributed by atoms with E-state index in [-0.39, 0.29) is 36.9 Å². The Morgan fingerprint density at radius 1 is 1.46 bits per heavy atom. The summed E-state index contributed by atoms with van der Waals surface area (Å²) in [6.07, 6.45) is -0.753. The molecule has 9 heteroatoms. The van der Waals surface area contributed by atoms with Crippen molar-refractivity contribution in [2.24, 2.45) is 0 Å². The number of carbonyl (C=O) groups is 2. The Morgan fingerprint density at radius 2 is 2.25 bits per heavy atom. The predicted molar refractivity (Wildman–Crippen MR) is 88.2 cm³/mol. The lowest BCUT2D eigenvalue weighted by atomic mass is 10.2. The number of β-amino-alcohol motifs (C(OH)–C–C–N with tert-alkyl or cyclic N) is 1. The molecule has 0 fully saturated rings. The summed E-state index contributed by atoms with van der Waals surface area (Å²) in [7, 11) is 0. The van der Waals surface area contributed by atoms with Gasteiger partial charge in [-0.3, -0.25) is 14.3 Å². The second-order valence-corrected chi connectivity index (χ2v) is 6.14. The number of hydrogen-bond donors (Lipinski definition) is 3. The highest BCUT2D eigenvalue weighted by Crippen LogP contribution is 2.25.